The fraction of sp³-hybridized carbons (Fsp3) is 0.238. The molecule has 0 saturated carbocycles. The Morgan fingerprint density at radius 3 is 2.87 bits per heavy atom. The Labute approximate surface area is 171 Å². The standard InChI is InChI=1S/C21H19FN6O2/c1-12-25-20-16(22)10-13(11-18(20)30-12)26-21(29)15-2-3-17(28-8-6-23-7-9-28)14-4-5-24-27-19(14)15/h2-5,10-11,23H,6-9H2,1H3,(H,26,29). The summed E-state index contributed by atoms with van der Waals surface area (Å²) in [4.78, 5) is 19.3. The van der Waals surface area contributed by atoms with Crippen LogP contribution in [0.15, 0.2) is 40.9 Å². The molecule has 0 unspecified atom stereocenters. The zero-order chi connectivity index (χ0) is 20.7. The van der Waals surface area contributed by atoms with Crippen LogP contribution in [0, 0.1) is 12.7 Å². The van der Waals surface area contributed by atoms with E-state index in [0.29, 0.717) is 17.0 Å². The second kappa shape index (κ2) is 7.34. The van der Waals surface area contributed by atoms with Gasteiger partial charge in [-0.2, -0.15) is 5.10 Å². The molecule has 8 nitrogen and oxygen atoms in total. The van der Waals surface area contributed by atoms with E-state index in [2.05, 4.69) is 30.7 Å². The predicted octanol–water partition coefficient (Wildman–Crippen LogP) is 2.88. The number of fused-ring (bicyclic) bond motifs is 2. The van der Waals surface area contributed by atoms with Gasteiger partial charge in [-0.1, -0.05) is 0 Å². The van der Waals surface area contributed by atoms with Crippen LogP contribution >= 0.6 is 0 Å². The lowest BCUT2D eigenvalue weighted by atomic mass is 10.1. The number of hydrogen-bond acceptors (Lipinski definition) is 7. The van der Waals surface area contributed by atoms with E-state index >= 15 is 0 Å². The Morgan fingerprint density at radius 1 is 1.20 bits per heavy atom. The highest BCUT2D eigenvalue weighted by atomic mass is 19.1. The average Bonchev–Trinajstić information content (AvgIpc) is 3.14. The maximum absolute atomic E-state index is 14.3. The van der Waals surface area contributed by atoms with Crippen LogP contribution in [-0.4, -0.2) is 47.3 Å². The Balaban J connectivity index is 1.51. The molecule has 4 aromatic rings. The van der Waals surface area contributed by atoms with Crippen molar-refractivity contribution in [3.05, 3.63) is 53.8 Å². The number of rotatable bonds is 3. The molecule has 3 heterocycles. The molecule has 1 saturated heterocycles. The molecule has 30 heavy (non-hydrogen) atoms. The van der Waals surface area contributed by atoms with E-state index in [1.165, 1.54) is 6.07 Å². The minimum atomic E-state index is -0.557. The smallest absolute Gasteiger partial charge is 0.257 e. The summed E-state index contributed by atoms with van der Waals surface area (Å²) in [5.41, 5.74) is 2.59. The number of carbonyl (C=O) groups is 1. The highest BCUT2D eigenvalue weighted by Gasteiger charge is 2.19. The topological polar surface area (TPSA) is 96.2 Å². The highest BCUT2D eigenvalue weighted by molar-refractivity contribution is 6.14. The molecule has 0 atom stereocenters. The van der Waals surface area contributed by atoms with Gasteiger partial charge in [0.2, 0.25) is 0 Å². The van der Waals surface area contributed by atoms with Gasteiger partial charge >= 0.3 is 0 Å². The maximum atomic E-state index is 14.3. The van der Waals surface area contributed by atoms with Crippen LogP contribution in [0.3, 0.4) is 0 Å². The predicted molar refractivity (Wildman–Crippen MR) is 111 cm³/mol. The van der Waals surface area contributed by atoms with Gasteiger partial charge < -0.3 is 20.0 Å². The van der Waals surface area contributed by atoms with E-state index in [4.69, 9.17) is 4.42 Å². The molecule has 0 aliphatic carbocycles. The number of aryl methyl sites for hydroxylation is 1. The number of benzene rings is 2. The van der Waals surface area contributed by atoms with Crippen molar-refractivity contribution in [1.82, 2.24) is 20.5 Å². The number of halogens is 1. The number of aromatic nitrogens is 3. The lowest BCUT2D eigenvalue weighted by Gasteiger charge is -2.30. The van der Waals surface area contributed by atoms with Gasteiger partial charge in [-0.05, 0) is 24.3 Å². The van der Waals surface area contributed by atoms with Gasteiger partial charge in [0.05, 0.1) is 11.8 Å². The summed E-state index contributed by atoms with van der Waals surface area (Å²) >= 11 is 0. The Hall–Kier alpha value is -3.59. The van der Waals surface area contributed by atoms with Crippen LogP contribution in [0.2, 0.25) is 0 Å². The second-order valence-corrected chi connectivity index (χ2v) is 7.15. The fourth-order valence-electron chi connectivity index (χ4n) is 3.80. The second-order valence-electron chi connectivity index (χ2n) is 7.15. The number of carbonyl (C=O) groups excluding carboxylic acids is 1. The summed E-state index contributed by atoms with van der Waals surface area (Å²) in [5.74, 6) is -0.599. The fourth-order valence-corrected chi connectivity index (χ4v) is 3.80. The van der Waals surface area contributed by atoms with Gasteiger partial charge in [-0.3, -0.25) is 4.79 Å². The Kier molecular flexibility index (Phi) is 4.51. The molecule has 1 fully saturated rings. The number of oxazole rings is 1. The molecule has 0 spiro atoms. The van der Waals surface area contributed by atoms with Crippen molar-refractivity contribution < 1.29 is 13.6 Å². The monoisotopic (exact) mass is 406 g/mol. The van der Waals surface area contributed by atoms with Crippen LogP contribution in [0.5, 0.6) is 0 Å². The van der Waals surface area contributed by atoms with Gasteiger partial charge in [0, 0.05) is 55.9 Å². The summed E-state index contributed by atoms with van der Waals surface area (Å²) in [6, 6.07) is 8.30. The van der Waals surface area contributed by atoms with Crippen molar-refractivity contribution >= 4 is 39.3 Å². The average molecular weight is 406 g/mol. The van der Waals surface area contributed by atoms with Crippen molar-refractivity contribution in [3.63, 3.8) is 0 Å². The molecule has 2 aromatic carbocycles. The van der Waals surface area contributed by atoms with Crippen LogP contribution in [-0.2, 0) is 0 Å². The minimum absolute atomic E-state index is 0.141. The molecule has 2 N–H and O–H groups in total. The Morgan fingerprint density at radius 2 is 2.03 bits per heavy atom. The third-order valence-electron chi connectivity index (χ3n) is 5.18. The van der Waals surface area contributed by atoms with Crippen LogP contribution in [0.4, 0.5) is 15.8 Å². The lowest BCUT2D eigenvalue weighted by Crippen LogP contribution is -2.43. The van der Waals surface area contributed by atoms with E-state index in [0.717, 1.165) is 37.3 Å². The van der Waals surface area contributed by atoms with Gasteiger partial charge in [0.25, 0.3) is 5.91 Å². The molecular formula is C21H19FN6O2. The molecule has 2 aromatic heterocycles. The summed E-state index contributed by atoms with van der Waals surface area (Å²) < 4.78 is 19.7. The van der Waals surface area contributed by atoms with E-state index in [1.807, 2.05) is 12.1 Å². The lowest BCUT2D eigenvalue weighted by molar-refractivity contribution is 0.102. The summed E-state index contributed by atoms with van der Waals surface area (Å²) in [6.45, 7) is 5.19. The van der Waals surface area contributed by atoms with E-state index in [-0.39, 0.29) is 16.8 Å². The summed E-state index contributed by atoms with van der Waals surface area (Å²) in [5, 5.41) is 15.1. The normalized spacial score (nSPS) is 14.4. The first-order chi connectivity index (χ1) is 14.6. The zero-order valence-electron chi connectivity index (χ0n) is 16.3. The first-order valence-corrected chi connectivity index (χ1v) is 9.68. The van der Waals surface area contributed by atoms with Crippen molar-refractivity contribution in [2.75, 3.05) is 36.4 Å². The molecule has 0 bridgehead atoms. The molecule has 5 rings (SSSR count). The largest absolute Gasteiger partial charge is 0.441 e. The third kappa shape index (κ3) is 3.22. The van der Waals surface area contributed by atoms with E-state index in [9.17, 15) is 9.18 Å². The maximum Gasteiger partial charge on any atom is 0.257 e. The molecule has 152 valence electrons. The first-order valence-electron chi connectivity index (χ1n) is 9.68. The van der Waals surface area contributed by atoms with Gasteiger partial charge in [-0.15, -0.1) is 5.10 Å². The van der Waals surface area contributed by atoms with Crippen LogP contribution in [0.1, 0.15) is 16.2 Å². The van der Waals surface area contributed by atoms with E-state index < -0.39 is 11.7 Å². The molecule has 1 aliphatic rings. The summed E-state index contributed by atoms with van der Waals surface area (Å²) in [7, 11) is 0. The van der Waals surface area contributed by atoms with Crippen molar-refractivity contribution in [2.45, 2.75) is 6.92 Å². The molecule has 0 radical (unpaired) electrons. The third-order valence-corrected chi connectivity index (χ3v) is 5.18. The first kappa shape index (κ1) is 18.4. The van der Waals surface area contributed by atoms with Crippen molar-refractivity contribution in [1.29, 1.82) is 0 Å². The van der Waals surface area contributed by atoms with Crippen LogP contribution < -0.4 is 15.5 Å². The number of nitrogens with zero attached hydrogens (tertiary/aromatic N) is 4. The zero-order valence-corrected chi connectivity index (χ0v) is 16.3. The van der Waals surface area contributed by atoms with E-state index in [1.54, 1.807) is 25.3 Å². The van der Waals surface area contributed by atoms with Gasteiger partial charge in [0.15, 0.2) is 17.3 Å². The number of piperazine rings is 1. The number of anilines is 2. The molecule has 1 amide bonds. The van der Waals surface area contributed by atoms with Crippen LogP contribution in [0.25, 0.3) is 22.0 Å². The Bertz CT molecular complexity index is 1270. The molecule has 1 aliphatic heterocycles. The molecular weight excluding hydrogens is 387 g/mol. The summed E-state index contributed by atoms with van der Waals surface area (Å²) in [6.07, 6.45) is 1.62. The number of nitrogens with one attached hydrogen (secondary N) is 2. The SMILES string of the molecule is Cc1nc2c(F)cc(NC(=O)c3ccc(N4CCNCC4)c4ccnnc34)cc2o1. The quantitative estimate of drug-likeness (QED) is 0.540. The minimum Gasteiger partial charge on any atom is -0.441 e. The van der Waals surface area contributed by atoms with Gasteiger partial charge in [-0.25, -0.2) is 9.37 Å². The van der Waals surface area contributed by atoms with Crippen molar-refractivity contribution in [3.8, 4) is 0 Å². The number of hydrogen-bond donors (Lipinski definition) is 2. The highest BCUT2D eigenvalue weighted by Crippen LogP contribution is 2.29. The molecule has 9 heteroatoms. The van der Waals surface area contributed by atoms with Crippen molar-refractivity contribution in [2.24, 2.45) is 0 Å². The number of amides is 1. The van der Waals surface area contributed by atoms with Gasteiger partial charge in [0.1, 0.15) is 11.0 Å².